The highest BCUT2D eigenvalue weighted by molar-refractivity contribution is 14.1. The Morgan fingerprint density at radius 2 is 1.75 bits per heavy atom. The summed E-state index contributed by atoms with van der Waals surface area (Å²) in [5, 5.41) is 2.91. The first-order chi connectivity index (χ1) is 9.74. The van der Waals surface area contributed by atoms with Crippen LogP contribution in [0, 0.1) is 3.57 Å². The molecule has 0 heterocycles. The largest absolute Gasteiger partial charge is 0.326 e. The van der Waals surface area contributed by atoms with Gasteiger partial charge in [0.15, 0.2) is 0 Å². The van der Waals surface area contributed by atoms with Gasteiger partial charge >= 0.3 is 0 Å². The van der Waals surface area contributed by atoms with E-state index < -0.39 is 0 Å². The molecule has 4 heteroatoms. The van der Waals surface area contributed by atoms with E-state index >= 15 is 0 Å². The Kier molecular flexibility index (Phi) is 6.39. The van der Waals surface area contributed by atoms with Crippen LogP contribution in [0.3, 0.4) is 0 Å². The van der Waals surface area contributed by atoms with Crippen molar-refractivity contribution in [3.63, 3.8) is 0 Å². The summed E-state index contributed by atoms with van der Waals surface area (Å²) in [6, 6.07) is 18.1. The zero-order valence-corrected chi connectivity index (χ0v) is 14.0. The molecule has 1 N–H and O–H groups in total. The lowest BCUT2D eigenvalue weighted by atomic mass is 10.2. The molecule has 0 aliphatic carbocycles. The topological polar surface area (TPSA) is 29.1 Å². The molecule has 2 rings (SSSR count). The van der Waals surface area contributed by atoms with E-state index in [0.717, 1.165) is 17.2 Å². The molecule has 0 bridgehead atoms. The van der Waals surface area contributed by atoms with Crippen LogP contribution in [0.5, 0.6) is 0 Å². The molecular formula is C16H16INOS. The number of carbonyl (C=O) groups excluding carboxylic acids is 1. The first kappa shape index (κ1) is 15.4. The van der Waals surface area contributed by atoms with Crippen molar-refractivity contribution < 1.29 is 4.79 Å². The van der Waals surface area contributed by atoms with E-state index in [4.69, 9.17) is 0 Å². The minimum atomic E-state index is 0.0757. The molecule has 0 saturated heterocycles. The van der Waals surface area contributed by atoms with Crippen LogP contribution < -0.4 is 5.32 Å². The van der Waals surface area contributed by atoms with Crippen LogP contribution in [0.2, 0.25) is 0 Å². The molecule has 0 aliphatic heterocycles. The summed E-state index contributed by atoms with van der Waals surface area (Å²) in [5.41, 5.74) is 2.17. The zero-order valence-electron chi connectivity index (χ0n) is 11.0. The number of hydrogen-bond donors (Lipinski definition) is 1. The normalized spacial score (nSPS) is 10.2. The van der Waals surface area contributed by atoms with E-state index in [0.29, 0.717) is 6.42 Å². The van der Waals surface area contributed by atoms with Crippen molar-refractivity contribution >= 4 is 45.9 Å². The highest BCUT2D eigenvalue weighted by Crippen LogP contribution is 2.14. The Hall–Kier alpha value is -1.01. The molecule has 0 radical (unpaired) electrons. The van der Waals surface area contributed by atoms with Crippen LogP contribution in [0.15, 0.2) is 54.6 Å². The summed E-state index contributed by atoms with van der Waals surface area (Å²) in [7, 11) is 0. The maximum absolute atomic E-state index is 11.8. The van der Waals surface area contributed by atoms with Gasteiger partial charge in [0.25, 0.3) is 0 Å². The third-order valence-corrected chi connectivity index (χ3v) is 4.46. The van der Waals surface area contributed by atoms with E-state index in [-0.39, 0.29) is 5.91 Å². The highest BCUT2D eigenvalue weighted by Gasteiger charge is 2.02. The Morgan fingerprint density at radius 3 is 2.45 bits per heavy atom. The standard InChI is InChI=1S/C16H16INOS/c17-14-6-8-15(9-7-14)18-16(19)10-11-20-12-13-4-2-1-3-5-13/h1-9H,10-12H2,(H,18,19). The Bertz CT molecular complexity index is 542. The van der Waals surface area contributed by atoms with Crippen LogP contribution >= 0.6 is 34.4 Å². The summed E-state index contributed by atoms with van der Waals surface area (Å²) in [6.07, 6.45) is 0.545. The first-order valence-electron chi connectivity index (χ1n) is 6.41. The number of benzene rings is 2. The average Bonchev–Trinajstić information content (AvgIpc) is 2.47. The van der Waals surface area contributed by atoms with Crippen molar-refractivity contribution in [2.45, 2.75) is 12.2 Å². The molecular weight excluding hydrogens is 381 g/mol. The average molecular weight is 397 g/mol. The number of nitrogens with one attached hydrogen (secondary N) is 1. The molecule has 2 nitrogen and oxygen atoms in total. The summed E-state index contributed by atoms with van der Waals surface area (Å²) in [6.45, 7) is 0. The Morgan fingerprint density at radius 1 is 1.05 bits per heavy atom. The SMILES string of the molecule is O=C(CCSCc1ccccc1)Nc1ccc(I)cc1. The molecule has 0 aromatic heterocycles. The number of hydrogen-bond acceptors (Lipinski definition) is 2. The van der Waals surface area contributed by atoms with Crippen molar-refractivity contribution in [3.8, 4) is 0 Å². The van der Waals surface area contributed by atoms with Gasteiger partial charge < -0.3 is 5.32 Å². The van der Waals surface area contributed by atoms with E-state index in [2.05, 4.69) is 40.0 Å². The monoisotopic (exact) mass is 397 g/mol. The minimum Gasteiger partial charge on any atom is -0.326 e. The van der Waals surface area contributed by atoms with Gasteiger partial charge in [0.2, 0.25) is 5.91 Å². The number of thioether (sulfide) groups is 1. The van der Waals surface area contributed by atoms with Gasteiger partial charge in [-0.3, -0.25) is 4.79 Å². The molecule has 0 atom stereocenters. The number of halogens is 1. The molecule has 0 unspecified atom stereocenters. The van der Waals surface area contributed by atoms with Gasteiger partial charge in [0, 0.05) is 27.2 Å². The molecule has 0 aliphatic rings. The first-order valence-corrected chi connectivity index (χ1v) is 8.64. The van der Waals surface area contributed by atoms with Crippen molar-refractivity contribution in [2.75, 3.05) is 11.1 Å². The minimum absolute atomic E-state index is 0.0757. The second-order valence-corrected chi connectivity index (χ2v) is 6.69. The third-order valence-electron chi connectivity index (χ3n) is 2.71. The summed E-state index contributed by atoms with van der Waals surface area (Å²) < 4.78 is 1.17. The smallest absolute Gasteiger partial charge is 0.225 e. The van der Waals surface area contributed by atoms with Crippen LogP contribution in [0.4, 0.5) is 5.69 Å². The molecule has 104 valence electrons. The van der Waals surface area contributed by atoms with Gasteiger partial charge in [-0.15, -0.1) is 0 Å². The van der Waals surface area contributed by atoms with Crippen LogP contribution in [-0.4, -0.2) is 11.7 Å². The van der Waals surface area contributed by atoms with Crippen LogP contribution in [0.1, 0.15) is 12.0 Å². The molecule has 2 aromatic rings. The van der Waals surface area contributed by atoms with Gasteiger partial charge in [-0.05, 0) is 52.4 Å². The second-order valence-electron chi connectivity index (χ2n) is 4.34. The maximum Gasteiger partial charge on any atom is 0.225 e. The Labute approximate surface area is 137 Å². The molecule has 2 aromatic carbocycles. The quantitative estimate of drug-likeness (QED) is 0.572. The zero-order chi connectivity index (χ0) is 14.2. The molecule has 1 amide bonds. The predicted octanol–water partition coefficient (Wildman–Crippen LogP) is 4.55. The Balaban J connectivity index is 1.66. The highest BCUT2D eigenvalue weighted by atomic mass is 127. The number of anilines is 1. The number of amides is 1. The lowest BCUT2D eigenvalue weighted by Gasteiger charge is -2.05. The third kappa shape index (κ3) is 5.54. The van der Waals surface area contributed by atoms with Crippen LogP contribution in [-0.2, 0) is 10.5 Å². The predicted molar refractivity (Wildman–Crippen MR) is 95.0 cm³/mol. The van der Waals surface area contributed by atoms with E-state index in [1.165, 1.54) is 9.13 Å². The lowest BCUT2D eigenvalue weighted by molar-refractivity contribution is -0.115. The molecule has 0 spiro atoms. The summed E-state index contributed by atoms with van der Waals surface area (Å²) in [4.78, 5) is 11.8. The number of carbonyl (C=O) groups is 1. The maximum atomic E-state index is 11.8. The van der Waals surface area contributed by atoms with Crippen molar-refractivity contribution in [1.29, 1.82) is 0 Å². The van der Waals surface area contributed by atoms with Gasteiger partial charge in [0.05, 0.1) is 0 Å². The van der Waals surface area contributed by atoms with E-state index in [9.17, 15) is 4.79 Å². The van der Waals surface area contributed by atoms with Gasteiger partial charge in [0.1, 0.15) is 0 Å². The number of rotatable bonds is 6. The lowest BCUT2D eigenvalue weighted by Crippen LogP contribution is -2.12. The molecule has 0 saturated carbocycles. The second kappa shape index (κ2) is 8.32. The fourth-order valence-electron chi connectivity index (χ4n) is 1.69. The van der Waals surface area contributed by atoms with E-state index in [1.54, 1.807) is 11.8 Å². The molecule has 0 fully saturated rings. The fourth-order valence-corrected chi connectivity index (χ4v) is 2.95. The summed E-state index contributed by atoms with van der Waals surface area (Å²) in [5.74, 6) is 1.87. The molecule has 20 heavy (non-hydrogen) atoms. The van der Waals surface area contributed by atoms with Gasteiger partial charge in [-0.25, -0.2) is 0 Å². The van der Waals surface area contributed by atoms with Crippen molar-refractivity contribution in [1.82, 2.24) is 0 Å². The van der Waals surface area contributed by atoms with Gasteiger partial charge in [-0.1, -0.05) is 30.3 Å². The fraction of sp³-hybridized carbons (Fsp3) is 0.188. The van der Waals surface area contributed by atoms with Gasteiger partial charge in [-0.2, -0.15) is 11.8 Å². The van der Waals surface area contributed by atoms with E-state index in [1.807, 2.05) is 42.5 Å². The van der Waals surface area contributed by atoms with Crippen molar-refractivity contribution in [3.05, 3.63) is 63.7 Å². The van der Waals surface area contributed by atoms with Crippen LogP contribution in [0.25, 0.3) is 0 Å². The summed E-state index contributed by atoms with van der Waals surface area (Å²) >= 11 is 4.03. The van der Waals surface area contributed by atoms with Crippen molar-refractivity contribution in [2.24, 2.45) is 0 Å².